The van der Waals surface area contributed by atoms with Crippen LogP contribution in [0.25, 0.3) is 0 Å². The van der Waals surface area contributed by atoms with Gasteiger partial charge in [0.05, 0.1) is 5.60 Å². The number of benzene rings is 1. The van der Waals surface area contributed by atoms with E-state index in [1.807, 2.05) is 12.1 Å². The van der Waals surface area contributed by atoms with Crippen molar-refractivity contribution in [2.24, 2.45) is 11.1 Å². The van der Waals surface area contributed by atoms with Gasteiger partial charge in [0.25, 0.3) is 5.91 Å². The summed E-state index contributed by atoms with van der Waals surface area (Å²) in [6.45, 7) is 2.74. The number of rotatable bonds is 5. The summed E-state index contributed by atoms with van der Waals surface area (Å²) < 4.78 is 0. The highest BCUT2D eigenvalue weighted by Gasteiger charge is 2.62. The predicted octanol–water partition coefficient (Wildman–Crippen LogP) is -0.267. The van der Waals surface area contributed by atoms with E-state index in [2.05, 4.69) is 10.2 Å². The van der Waals surface area contributed by atoms with Crippen molar-refractivity contribution in [1.82, 2.24) is 15.1 Å². The lowest BCUT2D eigenvalue weighted by molar-refractivity contribution is -0.147. The van der Waals surface area contributed by atoms with E-state index in [-0.39, 0.29) is 23.7 Å². The minimum Gasteiger partial charge on any atom is -0.387 e. The smallest absolute Gasteiger partial charge is 0.255 e. The number of aliphatic hydroxyl groups is 1. The van der Waals surface area contributed by atoms with E-state index in [0.29, 0.717) is 44.7 Å². The molecule has 0 radical (unpaired) electrons. The van der Waals surface area contributed by atoms with Crippen molar-refractivity contribution in [3.63, 3.8) is 0 Å². The first kappa shape index (κ1) is 18.7. The van der Waals surface area contributed by atoms with Crippen LogP contribution in [0.1, 0.15) is 47.2 Å². The number of piperidine rings is 1. The first-order valence-corrected chi connectivity index (χ1v) is 10.3. The zero-order valence-electron chi connectivity index (χ0n) is 16.3. The average Bonchev–Trinajstić information content (AvgIpc) is 3.41. The molecule has 3 heterocycles. The fourth-order valence-electron chi connectivity index (χ4n) is 5.19. The zero-order valence-corrected chi connectivity index (χ0v) is 16.3. The summed E-state index contributed by atoms with van der Waals surface area (Å²) in [6, 6.07) is 5.07. The second-order valence-corrected chi connectivity index (χ2v) is 9.00. The molecule has 5 rings (SSSR count). The van der Waals surface area contributed by atoms with Crippen molar-refractivity contribution in [3.05, 3.63) is 34.9 Å². The molecule has 1 atom stereocenters. The second kappa shape index (κ2) is 6.35. The maximum atomic E-state index is 12.9. The van der Waals surface area contributed by atoms with Gasteiger partial charge in [0.15, 0.2) is 0 Å². The van der Waals surface area contributed by atoms with Crippen LogP contribution in [0.5, 0.6) is 0 Å². The Bertz CT molecular complexity index is 904. The van der Waals surface area contributed by atoms with Crippen molar-refractivity contribution in [2.45, 2.75) is 50.4 Å². The molecule has 1 unspecified atom stereocenters. The number of hydrogen-bond donors (Lipinski definition) is 3. The van der Waals surface area contributed by atoms with E-state index in [4.69, 9.17) is 5.73 Å². The standard InChI is InChI=1S/C21H26N4O4/c22-10-20(6-7-20)21(29)11-24(12-21)8-13-2-1-3-14-15(13)9-25(19(14)28)16-4-5-17(26)23-18(16)27/h1-3,16,29H,4-12,22H2,(H,23,26,27). The van der Waals surface area contributed by atoms with E-state index >= 15 is 0 Å². The molecule has 4 aliphatic rings. The first-order valence-electron chi connectivity index (χ1n) is 10.3. The number of nitrogens with zero attached hydrogens (tertiary/aromatic N) is 2. The third-order valence-corrected chi connectivity index (χ3v) is 7.27. The van der Waals surface area contributed by atoms with Crippen LogP contribution in [0.2, 0.25) is 0 Å². The molecule has 154 valence electrons. The molecule has 0 spiro atoms. The van der Waals surface area contributed by atoms with Crippen molar-refractivity contribution >= 4 is 17.7 Å². The van der Waals surface area contributed by atoms with Gasteiger partial charge in [-0.25, -0.2) is 0 Å². The summed E-state index contributed by atoms with van der Waals surface area (Å²) in [5.41, 5.74) is 7.69. The number of likely N-dealkylation sites (tertiary alicyclic amines) is 1. The van der Waals surface area contributed by atoms with Gasteiger partial charge in [-0.2, -0.15) is 0 Å². The molecular weight excluding hydrogens is 372 g/mol. The second-order valence-electron chi connectivity index (χ2n) is 9.00. The van der Waals surface area contributed by atoms with Crippen molar-refractivity contribution < 1.29 is 19.5 Å². The molecule has 1 aromatic rings. The Balaban J connectivity index is 1.30. The van der Waals surface area contributed by atoms with Gasteiger partial charge in [-0.3, -0.25) is 24.6 Å². The van der Waals surface area contributed by atoms with E-state index < -0.39 is 17.6 Å². The lowest BCUT2D eigenvalue weighted by Crippen LogP contribution is -2.67. The normalized spacial score (nSPS) is 27.4. The van der Waals surface area contributed by atoms with Crippen LogP contribution >= 0.6 is 0 Å². The van der Waals surface area contributed by atoms with Gasteiger partial charge in [0, 0.05) is 50.1 Å². The lowest BCUT2D eigenvalue weighted by atomic mass is 9.77. The molecule has 1 saturated carbocycles. The molecule has 8 heteroatoms. The molecule has 1 aromatic carbocycles. The summed E-state index contributed by atoms with van der Waals surface area (Å²) in [5, 5.41) is 13.2. The Hall–Kier alpha value is -2.29. The third-order valence-electron chi connectivity index (χ3n) is 7.27. The number of fused-ring (bicyclic) bond motifs is 1. The Morgan fingerprint density at radius 3 is 2.62 bits per heavy atom. The number of carbonyl (C=O) groups is 3. The summed E-state index contributed by atoms with van der Waals surface area (Å²) in [7, 11) is 0. The van der Waals surface area contributed by atoms with Crippen LogP contribution in [-0.4, -0.2) is 63.9 Å². The third kappa shape index (κ3) is 2.81. The Morgan fingerprint density at radius 1 is 1.21 bits per heavy atom. The van der Waals surface area contributed by atoms with Gasteiger partial charge in [-0.15, -0.1) is 0 Å². The van der Waals surface area contributed by atoms with Gasteiger partial charge in [-0.05, 0) is 36.5 Å². The number of nitrogens with two attached hydrogens (primary N) is 1. The SMILES string of the molecule is NCC1(C2(O)CN(Cc3cccc4c3CN(C3CCC(=O)NC3=O)C4=O)C2)CC1. The van der Waals surface area contributed by atoms with Crippen molar-refractivity contribution in [2.75, 3.05) is 19.6 Å². The minimum atomic E-state index is -0.700. The van der Waals surface area contributed by atoms with E-state index in [9.17, 15) is 19.5 Å². The molecule has 3 amide bonds. The fourth-order valence-corrected chi connectivity index (χ4v) is 5.19. The fraction of sp³-hybridized carbons (Fsp3) is 0.571. The van der Waals surface area contributed by atoms with E-state index in [0.717, 1.165) is 24.0 Å². The number of imide groups is 1. The highest BCUT2D eigenvalue weighted by atomic mass is 16.3. The molecule has 0 bridgehead atoms. The highest BCUT2D eigenvalue weighted by molar-refractivity contribution is 6.05. The van der Waals surface area contributed by atoms with Crippen LogP contribution in [0.15, 0.2) is 18.2 Å². The molecule has 2 saturated heterocycles. The van der Waals surface area contributed by atoms with E-state index in [1.54, 1.807) is 11.0 Å². The van der Waals surface area contributed by atoms with Crippen LogP contribution in [0.4, 0.5) is 0 Å². The van der Waals surface area contributed by atoms with Crippen molar-refractivity contribution in [1.29, 1.82) is 0 Å². The highest BCUT2D eigenvalue weighted by Crippen LogP contribution is 2.56. The summed E-state index contributed by atoms with van der Waals surface area (Å²) in [4.78, 5) is 40.3. The summed E-state index contributed by atoms with van der Waals surface area (Å²) in [6.07, 6.45) is 2.59. The monoisotopic (exact) mass is 398 g/mol. The van der Waals surface area contributed by atoms with Crippen LogP contribution in [-0.2, 0) is 22.7 Å². The summed E-state index contributed by atoms with van der Waals surface area (Å²) >= 11 is 0. The van der Waals surface area contributed by atoms with Crippen LogP contribution in [0, 0.1) is 5.41 Å². The van der Waals surface area contributed by atoms with Gasteiger partial charge >= 0.3 is 0 Å². The maximum absolute atomic E-state index is 12.9. The number of carbonyl (C=O) groups excluding carboxylic acids is 3. The van der Waals surface area contributed by atoms with Gasteiger partial charge in [-0.1, -0.05) is 12.1 Å². The summed E-state index contributed by atoms with van der Waals surface area (Å²) in [5.74, 6) is -0.836. The van der Waals surface area contributed by atoms with Gasteiger partial charge in [0.2, 0.25) is 11.8 Å². The molecule has 3 fully saturated rings. The largest absolute Gasteiger partial charge is 0.387 e. The van der Waals surface area contributed by atoms with Gasteiger partial charge in [0.1, 0.15) is 6.04 Å². The lowest BCUT2D eigenvalue weighted by Gasteiger charge is -2.51. The Labute approximate surface area is 169 Å². The van der Waals surface area contributed by atoms with E-state index in [1.165, 1.54) is 0 Å². The molecule has 1 aliphatic carbocycles. The number of amides is 3. The zero-order chi connectivity index (χ0) is 20.4. The number of nitrogens with one attached hydrogen (secondary N) is 1. The Kier molecular flexibility index (Phi) is 4.10. The molecular formula is C21H26N4O4. The minimum absolute atomic E-state index is 0.110. The molecule has 8 nitrogen and oxygen atoms in total. The number of β-amino-alcohol motifs (C(OH)–C–C–N with tert-alkyl or cyclic N) is 1. The topological polar surface area (TPSA) is 116 Å². The molecule has 3 aliphatic heterocycles. The average molecular weight is 398 g/mol. The molecule has 0 aromatic heterocycles. The number of hydrogen-bond acceptors (Lipinski definition) is 6. The predicted molar refractivity (Wildman–Crippen MR) is 103 cm³/mol. The molecule has 4 N–H and O–H groups in total. The van der Waals surface area contributed by atoms with Crippen LogP contribution in [0.3, 0.4) is 0 Å². The van der Waals surface area contributed by atoms with Crippen LogP contribution < -0.4 is 11.1 Å². The van der Waals surface area contributed by atoms with Gasteiger partial charge < -0.3 is 15.7 Å². The maximum Gasteiger partial charge on any atom is 0.255 e. The molecule has 29 heavy (non-hydrogen) atoms. The first-order chi connectivity index (χ1) is 13.9. The quantitative estimate of drug-likeness (QED) is 0.588. The van der Waals surface area contributed by atoms with Crippen molar-refractivity contribution in [3.8, 4) is 0 Å². The Morgan fingerprint density at radius 2 is 1.97 bits per heavy atom.